The average molecular weight is 327 g/mol. The van der Waals surface area contributed by atoms with Gasteiger partial charge in [0.2, 0.25) is 0 Å². The van der Waals surface area contributed by atoms with Gasteiger partial charge < -0.3 is 24.6 Å². The van der Waals surface area contributed by atoms with Crippen molar-refractivity contribution in [2.24, 2.45) is 0 Å². The molecule has 4 rings (SSSR count). The second-order valence-electron chi connectivity index (χ2n) is 6.20. The van der Waals surface area contributed by atoms with Gasteiger partial charge in [0.25, 0.3) is 0 Å². The van der Waals surface area contributed by atoms with Gasteiger partial charge in [-0.15, -0.1) is 0 Å². The van der Waals surface area contributed by atoms with Crippen LogP contribution < -0.4 is 19.5 Å². The number of nitrogens with one attached hydrogen (secondary N) is 1. The van der Waals surface area contributed by atoms with Crippen LogP contribution in [0.25, 0.3) is 11.1 Å². The molecular formula is C19H21NO4. The molecule has 0 amide bonds. The maximum atomic E-state index is 10.8. The first kappa shape index (κ1) is 15.1. The van der Waals surface area contributed by atoms with Gasteiger partial charge in [-0.05, 0) is 59.8 Å². The van der Waals surface area contributed by atoms with Gasteiger partial charge in [0.15, 0.2) is 23.0 Å². The Morgan fingerprint density at radius 3 is 2.33 bits per heavy atom. The second kappa shape index (κ2) is 5.60. The zero-order valence-electron chi connectivity index (χ0n) is 14.1. The smallest absolute Gasteiger partial charge is 0.166 e. The predicted octanol–water partition coefficient (Wildman–Crippen LogP) is 2.83. The molecule has 0 bridgehead atoms. The van der Waals surface area contributed by atoms with Gasteiger partial charge in [-0.25, -0.2) is 0 Å². The monoisotopic (exact) mass is 327 g/mol. The number of phenols is 1. The number of benzene rings is 2. The van der Waals surface area contributed by atoms with Crippen LogP contribution in [-0.2, 0) is 12.8 Å². The lowest BCUT2D eigenvalue weighted by atomic mass is 9.77. The van der Waals surface area contributed by atoms with Crippen LogP contribution in [0.4, 0.5) is 0 Å². The molecule has 1 heterocycles. The number of aromatic hydroxyl groups is 1. The molecule has 1 atom stereocenters. The van der Waals surface area contributed by atoms with Gasteiger partial charge in [-0.3, -0.25) is 0 Å². The Labute approximate surface area is 141 Å². The van der Waals surface area contributed by atoms with Crippen molar-refractivity contribution in [3.8, 4) is 34.1 Å². The molecule has 2 N–H and O–H groups in total. The molecule has 1 aliphatic heterocycles. The molecule has 2 aliphatic rings. The van der Waals surface area contributed by atoms with Gasteiger partial charge in [0.05, 0.1) is 21.3 Å². The minimum atomic E-state index is 0.193. The standard InChI is InChI=1S/C19H21NO4/c1-22-14-8-11-6-13-17-10(4-5-20-13)7-16(24-3)19(21)18(17)12(11)9-15(14)23-2/h7-9,13,20-21H,4-6H2,1-3H3/t13-/m1/s1. The van der Waals surface area contributed by atoms with E-state index in [9.17, 15) is 5.11 Å². The first-order valence-electron chi connectivity index (χ1n) is 8.09. The van der Waals surface area contributed by atoms with E-state index in [1.54, 1.807) is 21.3 Å². The average Bonchev–Trinajstić information content (AvgIpc) is 2.62. The molecule has 5 nitrogen and oxygen atoms in total. The topological polar surface area (TPSA) is 60.0 Å². The highest BCUT2D eigenvalue weighted by molar-refractivity contribution is 5.84. The van der Waals surface area contributed by atoms with Crippen LogP contribution in [0.3, 0.4) is 0 Å². The molecule has 0 fully saturated rings. The van der Waals surface area contributed by atoms with Crippen molar-refractivity contribution < 1.29 is 19.3 Å². The summed E-state index contributed by atoms with van der Waals surface area (Å²) in [6, 6.07) is 6.12. The number of hydrogen-bond acceptors (Lipinski definition) is 5. The van der Waals surface area contributed by atoms with Gasteiger partial charge in [-0.1, -0.05) is 0 Å². The largest absolute Gasteiger partial charge is 0.504 e. The maximum absolute atomic E-state index is 10.8. The van der Waals surface area contributed by atoms with E-state index in [1.165, 1.54) is 11.1 Å². The molecule has 1 aliphatic carbocycles. The maximum Gasteiger partial charge on any atom is 0.166 e. The van der Waals surface area contributed by atoms with E-state index in [-0.39, 0.29) is 11.8 Å². The minimum absolute atomic E-state index is 0.193. The van der Waals surface area contributed by atoms with E-state index in [0.29, 0.717) is 17.2 Å². The molecule has 0 unspecified atom stereocenters. The third-order valence-corrected chi connectivity index (χ3v) is 5.05. The molecule has 0 radical (unpaired) electrons. The fraction of sp³-hybridized carbons (Fsp3) is 0.368. The van der Waals surface area contributed by atoms with Crippen LogP contribution in [0, 0.1) is 0 Å². The third kappa shape index (κ3) is 2.04. The number of rotatable bonds is 3. The van der Waals surface area contributed by atoms with Gasteiger partial charge in [0, 0.05) is 11.6 Å². The minimum Gasteiger partial charge on any atom is -0.504 e. The second-order valence-corrected chi connectivity index (χ2v) is 6.20. The molecule has 5 heteroatoms. The first-order chi connectivity index (χ1) is 11.7. The summed E-state index contributed by atoms with van der Waals surface area (Å²) >= 11 is 0. The molecule has 0 saturated carbocycles. The van der Waals surface area contributed by atoms with Crippen LogP contribution in [0.15, 0.2) is 18.2 Å². The highest BCUT2D eigenvalue weighted by atomic mass is 16.5. The van der Waals surface area contributed by atoms with Gasteiger partial charge in [0.1, 0.15) is 0 Å². The van der Waals surface area contributed by atoms with Crippen molar-refractivity contribution in [2.45, 2.75) is 18.9 Å². The van der Waals surface area contributed by atoms with Crippen molar-refractivity contribution in [3.05, 3.63) is 34.9 Å². The highest BCUT2D eigenvalue weighted by Gasteiger charge is 2.34. The van der Waals surface area contributed by atoms with E-state index in [1.807, 2.05) is 18.2 Å². The van der Waals surface area contributed by atoms with Crippen LogP contribution in [-0.4, -0.2) is 33.0 Å². The van der Waals surface area contributed by atoms with Crippen molar-refractivity contribution >= 4 is 0 Å². The molecule has 2 aromatic carbocycles. The Balaban J connectivity index is 2.04. The third-order valence-electron chi connectivity index (χ3n) is 5.05. The Morgan fingerprint density at radius 1 is 0.958 bits per heavy atom. The quantitative estimate of drug-likeness (QED) is 0.908. The molecule has 126 valence electrons. The first-order valence-corrected chi connectivity index (χ1v) is 8.09. The van der Waals surface area contributed by atoms with Crippen LogP contribution in [0.2, 0.25) is 0 Å². The zero-order valence-corrected chi connectivity index (χ0v) is 14.1. The van der Waals surface area contributed by atoms with E-state index in [4.69, 9.17) is 14.2 Å². The van der Waals surface area contributed by atoms with E-state index < -0.39 is 0 Å². The van der Waals surface area contributed by atoms with Crippen molar-refractivity contribution in [3.63, 3.8) is 0 Å². The fourth-order valence-electron chi connectivity index (χ4n) is 3.95. The van der Waals surface area contributed by atoms with E-state index in [0.717, 1.165) is 36.1 Å². The lowest BCUT2D eigenvalue weighted by Crippen LogP contribution is -2.33. The normalized spacial score (nSPS) is 17.7. The lowest BCUT2D eigenvalue weighted by Gasteiger charge is -2.35. The van der Waals surface area contributed by atoms with Crippen LogP contribution >= 0.6 is 0 Å². The number of fused-ring (bicyclic) bond motifs is 2. The fourth-order valence-corrected chi connectivity index (χ4v) is 3.95. The molecule has 2 aromatic rings. The van der Waals surface area contributed by atoms with E-state index in [2.05, 4.69) is 5.32 Å². The van der Waals surface area contributed by atoms with Gasteiger partial charge in [-0.2, -0.15) is 0 Å². The van der Waals surface area contributed by atoms with Crippen LogP contribution in [0.1, 0.15) is 22.7 Å². The Hall–Kier alpha value is -2.40. The summed E-state index contributed by atoms with van der Waals surface area (Å²) in [5, 5.41) is 14.4. The van der Waals surface area contributed by atoms with E-state index >= 15 is 0 Å². The molecule has 0 aromatic heterocycles. The molecule has 0 saturated heterocycles. The molecule has 24 heavy (non-hydrogen) atoms. The van der Waals surface area contributed by atoms with Gasteiger partial charge >= 0.3 is 0 Å². The summed E-state index contributed by atoms with van der Waals surface area (Å²) in [4.78, 5) is 0. The molecular weight excluding hydrogens is 306 g/mol. The summed E-state index contributed by atoms with van der Waals surface area (Å²) in [6.45, 7) is 0.924. The zero-order chi connectivity index (χ0) is 16.8. The summed E-state index contributed by atoms with van der Waals surface area (Å²) in [7, 11) is 4.85. The predicted molar refractivity (Wildman–Crippen MR) is 91.4 cm³/mol. The number of methoxy groups -OCH3 is 3. The lowest BCUT2D eigenvalue weighted by molar-refractivity contribution is 0.353. The number of phenolic OH excluding ortho intramolecular Hbond substituents is 1. The number of hydrogen-bond donors (Lipinski definition) is 2. The van der Waals surface area contributed by atoms with Crippen LogP contribution in [0.5, 0.6) is 23.0 Å². The summed E-state index contributed by atoms with van der Waals surface area (Å²) in [6.07, 6.45) is 1.79. The highest BCUT2D eigenvalue weighted by Crippen LogP contribution is 2.52. The molecule has 0 spiro atoms. The SMILES string of the molecule is COc1cc2c(cc1OC)-c1c(O)c(OC)cc3c1[C@@H](C2)NCC3. The Bertz CT molecular complexity index is 816. The van der Waals surface area contributed by atoms with Crippen molar-refractivity contribution in [1.29, 1.82) is 0 Å². The summed E-state index contributed by atoms with van der Waals surface area (Å²) < 4.78 is 16.3. The summed E-state index contributed by atoms with van der Waals surface area (Å²) in [5.41, 5.74) is 5.39. The Kier molecular flexibility index (Phi) is 3.53. The number of ether oxygens (including phenoxy) is 3. The van der Waals surface area contributed by atoms with Crippen molar-refractivity contribution in [1.82, 2.24) is 5.32 Å². The summed E-state index contributed by atoms with van der Waals surface area (Å²) in [5.74, 6) is 2.08. The Morgan fingerprint density at radius 2 is 1.62 bits per heavy atom. The van der Waals surface area contributed by atoms with Crippen molar-refractivity contribution in [2.75, 3.05) is 27.9 Å².